The van der Waals surface area contributed by atoms with Gasteiger partial charge >= 0.3 is 0 Å². The van der Waals surface area contributed by atoms with E-state index in [0.717, 1.165) is 46.4 Å². The summed E-state index contributed by atoms with van der Waals surface area (Å²) >= 11 is 0. The summed E-state index contributed by atoms with van der Waals surface area (Å²) < 4.78 is 8.35. The van der Waals surface area contributed by atoms with Gasteiger partial charge in [0.2, 0.25) is 0 Å². The molecule has 1 aliphatic carbocycles. The van der Waals surface area contributed by atoms with Gasteiger partial charge in [0.1, 0.15) is 30.3 Å². The predicted molar refractivity (Wildman–Crippen MR) is 146 cm³/mol. The van der Waals surface area contributed by atoms with Crippen LogP contribution in [0.15, 0.2) is 114 Å². The normalized spacial score (nSPS) is 16.6. The van der Waals surface area contributed by atoms with Gasteiger partial charge in [-0.25, -0.2) is 9.99 Å². The van der Waals surface area contributed by atoms with E-state index in [-0.39, 0.29) is 0 Å². The molecule has 3 aromatic carbocycles. The summed E-state index contributed by atoms with van der Waals surface area (Å²) in [7, 11) is 2.04. The Hall–Kier alpha value is -4.58. The first-order valence-electron chi connectivity index (χ1n) is 12.1. The Balaban J connectivity index is 1.18. The van der Waals surface area contributed by atoms with Gasteiger partial charge in [-0.05, 0) is 42.8 Å². The van der Waals surface area contributed by atoms with Gasteiger partial charge in [-0.15, -0.1) is 0 Å². The number of nitrogens with zero attached hydrogens (tertiary/aromatic N) is 5. The van der Waals surface area contributed by atoms with Crippen LogP contribution in [0.25, 0.3) is 11.4 Å². The highest BCUT2D eigenvalue weighted by Gasteiger charge is 2.18. The predicted octanol–water partition coefficient (Wildman–Crippen LogP) is 6.71. The molecule has 0 unspecified atom stereocenters. The lowest BCUT2D eigenvalue weighted by Gasteiger charge is -2.19. The fourth-order valence-corrected chi connectivity index (χ4v) is 4.54. The standard InChI is InChI=1S/C30H27N5O/c1-33-20-29(23-10-4-2-5-11-23)32-30(33)24-12-8-16-27(18-24)36-28-17-9-15-26(19-28)35-22-34(21-31-35)25-13-6-3-7-14-25/h2-10,12-21,23H,11,22H2,1H3/t23-/m1/s1. The topological polar surface area (TPSA) is 45.9 Å². The first kappa shape index (κ1) is 21.9. The maximum absolute atomic E-state index is 6.27. The van der Waals surface area contributed by atoms with Crippen LogP contribution >= 0.6 is 0 Å². The monoisotopic (exact) mass is 473 g/mol. The molecular weight excluding hydrogens is 446 g/mol. The summed E-state index contributed by atoms with van der Waals surface area (Å²) in [5.41, 5.74) is 4.20. The summed E-state index contributed by atoms with van der Waals surface area (Å²) in [6.45, 7) is 0.649. The zero-order chi connectivity index (χ0) is 24.3. The Morgan fingerprint density at radius 3 is 2.50 bits per heavy atom. The Labute approximate surface area is 211 Å². The number of hydrogen-bond donors (Lipinski definition) is 0. The highest BCUT2D eigenvalue weighted by atomic mass is 16.5. The zero-order valence-electron chi connectivity index (χ0n) is 20.1. The van der Waals surface area contributed by atoms with E-state index in [1.54, 1.807) is 0 Å². The van der Waals surface area contributed by atoms with E-state index in [2.05, 4.69) is 63.3 Å². The average molecular weight is 474 g/mol. The minimum atomic E-state index is 0.322. The van der Waals surface area contributed by atoms with E-state index in [9.17, 15) is 0 Å². The van der Waals surface area contributed by atoms with E-state index in [0.29, 0.717) is 12.6 Å². The second kappa shape index (κ2) is 9.58. The van der Waals surface area contributed by atoms with Gasteiger partial charge in [0.15, 0.2) is 0 Å². The van der Waals surface area contributed by atoms with Crippen LogP contribution in [0.3, 0.4) is 0 Å². The molecule has 1 aromatic heterocycles. The zero-order valence-corrected chi connectivity index (χ0v) is 20.1. The van der Waals surface area contributed by atoms with Gasteiger partial charge in [0, 0.05) is 36.5 Å². The van der Waals surface area contributed by atoms with Crippen molar-refractivity contribution in [2.75, 3.05) is 16.6 Å². The van der Waals surface area contributed by atoms with Gasteiger partial charge in [0.25, 0.3) is 0 Å². The number of hydrazone groups is 1. The Morgan fingerprint density at radius 2 is 1.67 bits per heavy atom. The van der Waals surface area contributed by atoms with E-state index in [1.807, 2.05) is 79.1 Å². The van der Waals surface area contributed by atoms with Gasteiger partial charge in [-0.1, -0.05) is 60.7 Å². The van der Waals surface area contributed by atoms with Gasteiger partial charge in [-0.2, -0.15) is 5.10 Å². The molecule has 6 nitrogen and oxygen atoms in total. The maximum Gasteiger partial charge on any atom is 0.140 e. The molecule has 2 aliphatic rings. The molecule has 6 heteroatoms. The molecule has 1 atom stereocenters. The third-order valence-corrected chi connectivity index (χ3v) is 6.40. The van der Waals surface area contributed by atoms with Crippen molar-refractivity contribution in [2.45, 2.75) is 12.3 Å². The van der Waals surface area contributed by atoms with Crippen molar-refractivity contribution >= 4 is 17.7 Å². The quantitative estimate of drug-likeness (QED) is 0.312. The first-order valence-corrected chi connectivity index (χ1v) is 12.1. The van der Waals surface area contributed by atoms with Crippen molar-refractivity contribution in [1.82, 2.24) is 9.55 Å². The molecule has 0 saturated carbocycles. The van der Waals surface area contributed by atoms with Crippen LogP contribution in [0.1, 0.15) is 18.0 Å². The van der Waals surface area contributed by atoms with E-state index < -0.39 is 0 Å². The molecule has 36 heavy (non-hydrogen) atoms. The van der Waals surface area contributed by atoms with Crippen LogP contribution in [-0.2, 0) is 7.05 Å². The highest BCUT2D eigenvalue weighted by molar-refractivity contribution is 5.83. The lowest BCUT2D eigenvalue weighted by Crippen LogP contribution is -2.26. The Kier molecular flexibility index (Phi) is 5.83. The minimum absolute atomic E-state index is 0.322. The fraction of sp³-hybridized carbons (Fsp3) is 0.133. The van der Waals surface area contributed by atoms with Crippen molar-refractivity contribution < 1.29 is 4.74 Å². The summed E-state index contributed by atoms with van der Waals surface area (Å²) in [5.74, 6) is 2.78. The molecular formula is C30H27N5O. The van der Waals surface area contributed by atoms with Crippen LogP contribution in [0.5, 0.6) is 11.5 Å². The van der Waals surface area contributed by atoms with Crippen molar-refractivity contribution in [1.29, 1.82) is 0 Å². The van der Waals surface area contributed by atoms with Gasteiger partial charge < -0.3 is 14.2 Å². The molecule has 0 radical (unpaired) electrons. The molecule has 6 rings (SSSR count). The van der Waals surface area contributed by atoms with Crippen LogP contribution in [0.2, 0.25) is 0 Å². The van der Waals surface area contributed by atoms with Crippen molar-refractivity contribution in [3.8, 4) is 22.9 Å². The summed E-state index contributed by atoms with van der Waals surface area (Å²) in [6.07, 6.45) is 13.5. The molecule has 178 valence electrons. The lowest BCUT2D eigenvalue weighted by atomic mass is 9.98. The second-order valence-corrected chi connectivity index (χ2v) is 8.96. The number of aryl methyl sites for hydroxylation is 1. The smallest absolute Gasteiger partial charge is 0.140 e. The van der Waals surface area contributed by atoms with Crippen molar-refractivity contribution in [2.24, 2.45) is 12.1 Å². The number of rotatable bonds is 6. The summed E-state index contributed by atoms with van der Waals surface area (Å²) in [5, 5.41) is 6.53. The second-order valence-electron chi connectivity index (χ2n) is 8.96. The summed E-state index contributed by atoms with van der Waals surface area (Å²) in [4.78, 5) is 7.05. The van der Waals surface area contributed by atoms with Crippen molar-refractivity contribution in [3.05, 3.63) is 115 Å². The Morgan fingerprint density at radius 1 is 0.861 bits per heavy atom. The highest BCUT2D eigenvalue weighted by Crippen LogP contribution is 2.32. The van der Waals surface area contributed by atoms with E-state index in [1.165, 1.54) is 0 Å². The molecule has 0 bridgehead atoms. The number of benzene rings is 3. The third-order valence-electron chi connectivity index (χ3n) is 6.40. The summed E-state index contributed by atoms with van der Waals surface area (Å²) in [6, 6.07) is 26.3. The van der Waals surface area contributed by atoms with Gasteiger partial charge in [0.05, 0.1) is 11.4 Å². The average Bonchev–Trinajstić information content (AvgIpc) is 3.58. The third kappa shape index (κ3) is 4.53. The number of aromatic nitrogens is 2. The largest absolute Gasteiger partial charge is 0.457 e. The molecule has 0 amide bonds. The molecule has 1 aliphatic heterocycles. The van der Waals surface area contributed by atoms with E-state index in [4.69, 9.17) is 9.72 Å². The number of para-hydroxylation sites is 1. The van der Waals surface area contributed by atoms with Crippen LogP contribution in [0.4, 0.5) is 11.4 Å². The molecule has 2 heterocycles. The SMILES string of the molecule is Cn1cc([C@@H]2C=CC=CC2)nc1-c1cccc(Oc2cccc(N3CN(c4ccccc4)C=N3)c2)c1. The maximum atomic E-state index is 6.27. The van der Waals surface area contributed by atoms with Crippen LogP contribution in [-0.4, -0.2) is 22.6 Å². The lowest BCUT2D eigenvalue weighted by molar-refractivity contribution is 0.483. The number of allylic oxidation sites excluding steroid dienone is 4. The first-order chi connectivity index (χ1) is 17.7. The molecule has 4 aromatic rings. The molecule has 0 N–H and O–H groups in total. The Bertz CT molecular complexity index is 1450. The van der Waals surface area contributed by atoms with Crippen LogP contribution in [0, 0.1) is 0 Å². The van der Waals surface area contributed by atoms with E-state index >= 15 is 0 Å². The number of anilines is 2. The minimum Gasteiger partial charge on any atom is -0.457 e. The number of hydrogen-bond acceptors (Lipinski definition) is 5. The van der Waals surface area contributed by atoms with Crippen LogP contribution < -0.4 is 14.6 Å². The molecule has 0 saturated heterocycles. The van der Waals surface area contributed by atoms with Crippen molar-refractivity contribution in [3.63, 3.8) is 0 Å². The molecule has 0 spiro atoms. The van der Waals surface area contributed by atoms with Gasteiger partial charge in [-0.3, -0.25) is 0 Å². The number of imidazole rings is 1. The fourth-order valence-electron chi connectivity index (χ4n) is 4.54. The molecule has 0 fully saturated rings. The number of ether oxygens (including phenoxy) is 1.